The zero-order valence-corrected chi connectivity index (χ0v) is 7.84. The summed E-state index contributed by atoms with van der Waals surface area (Å²) in [5.41, 5.74) is 4.49. The highest BCUT2D eigenvalue weighted by Crippen LogP contribution is 1.98. The number of H-pyrrole nitrogens is 1. The highest BCUT2D eigenvalue weighted by atomic mass is 35.5. The van der Waals surface area contributed by atoms with Crippen molar-refractivity contribution in [1.82, 2.24) is 9.55 Å². The van der Waals surface area contributed by atoms with Crippen LogP contribution in [0.4, 0.5) is 0 Å². The van der Waals surface area contributed by atoms with Crippen molar-refractivity contribution in [3.05, 3.63) is 32.1 Å². The molecule has 0 aliphatic carbocycles. The Morgan fingerprint density at radius 3 is 2.77 bits per heavy atom. The maximum absolute atomic E-state index is 11.2. The number of aromatic amines is 1. The van der Waals surface area contributed by atoms with Gasteiger partial charge in [0.1, 0.15) is 5.15 Å². The van der Waals surface area contributed by atoms with Crippen LogP contribution in [0.2, 0.25) is 5.15 Å². The third-order valence-electron chi connectivity index (χ3n) is 1.68. The molecule has 1 aromatic rings. The van der Waals surface area contributed by atoms with E-state index in [-0.39, 0.29) is 5.15 Å². The van der Waals surface area contributed by atoms with Gasteiger partial charge >= 0.3 is 5.69 Å². The quantitative estimate of drug-likeness (QED) is 0.667. The molecule has 1 rings (SSSR count). The SMILES string of the molecule is CCC(N)n1c(=O)cc(Cl)[nH]c1=O. The number of hydrogen-bond donors (Lipinski definition) is 2. The number of aromatic nitrogens is 2. The lowest BCUT2D eigenvalue weighted by Crippen LogP contribution is -2.40. The molecular weight excluding hydrogens is 194 g/mol. The summed E-state index contributed by atoms with van der Waals surface area (Å²) >= 11 is 5.46. The predicted molar refractivity (Wildman–Crippen MR) is 49.8 cm³/mol. The van der Waals surface area contributed by atoms with E-state index in [9.17, 15) is 9.59 Å². The number of nitrogens with one attached hydrogen (secondary N) is 1. The summed E-state index contributed by atoms with van der Waals surface area (Å²) in [5.74, 6) is 0. The van der Waals surface area contributed by atoms with E-state index in [2.05, 4.69) is 4.98 Å². The molecule has 0 bridgehead atoms. The van der Waals surface area contributed by atoms with Gasteiger partial charge in [-0.2, -0.15) is 0 Å². The van der Waals surface area contributed by atoms with Gasteiger partial charge in [-0.15, -0.1) is 0 Å². The topological polar surface area (TPSA) is 80.9 Å². The first-order valence-corrected chi connectivity index (χ1v) is 4.21. The second-order valence-corrected chi connectivity index (χ2v) is 3.01. The second kappa shape index (κ2) is 3.76. The maximum Gasteiger partial charge on any atom is 0.330 e. The summed E-state index contributed by atoms with van der Waals surface area (Å²) in [6.45, 7) is 1.78. The van der Waals surface area contributed by atoms with Gasteiger partial charge in [0.15, 0.2) is 0 Å². The Morgan fingerprint density at radius 2 is 2.31 bits per heavy atom. The molecule has 0 aliphatic heterocycles. The van der Waals surface area contributed by atoms with Crippen molar-refractivity contribution in [1.29, 1.82) is 0 Å². The van der Waals surface area contributed by atoms with Crippen LogP contribution >= 0.6 is 11.6 Å². The van der Waals surface area contributed by atoms with Crippen LogP contribution in [-0.2, 0) is 0 Å². The molecule has 0 spiro atoms. The van der Waals surface area contributed by atoms with Crippen LogP contribution in [0.25, 0.3) is 0 Å². The normalized spacial score (nSPS) is 12.8. The molecule has 1 atom stereocenters. The molecule has 1 heterocycles. The Bertz CT molecular complexity index is 378. The molecule has 13 heavy (non-hydrogen) atoms. The van der Waals surface area contributed by atoms with Gasteiger partial charge in [-0.1, -0.05) is 18.5 Å². The monoisotopic (exact) mass is 203 g/mol. The van der Waals surface area contributed by atoms with Crippen molar-refractivity contribution >= 4 is 11.6 Å². The lowest BCUT2D eigenvalue weighted by atomic mass is 10.4. The Morgan fingerprint density at radius 1 is 1.69 bits per heavy atom. The van der Waals surface area contributed by atoms with E-state index in [0.29, 0.717) is 6.42 Å². The first-order chi connectivity index (χ1) is 6.06. The Labute approximate surface area is 79.1 Å². The lowest BCUT2D eigenvalue weighted by Gasteiger charge is -2.10. The fraction of sp³-hybridized carbons (Fsp3) is 0.429. The van der Waals surface area contributed by atoms with E-state index < -0.39 is 17.4 Å². The number of halogens is 1. The Hall–Kier alpha value is -1.07. The summed E-state index contributed by atoms with van der Waals surface area (Å²) in [6, 6.07) is 1.12. The van der Waals surface area contributed by atoms with Crippen LogP contribution in [-0.4, -0.2) is 9.55 Å². The highest BCUT2D eigenvalue weighted by molar-refractivity contribution is 6.29. The summed E-state index contributed by atoms with van der Waals surface area (Å²) in [4.78, 5) is 24.7. The first kappa shape index (κ1) is 10.0. The predicted octanol–water partition coefficient (Wildman–Crippen LogP) is 0.0573. The van der Waals surface area contributed by atoms with Gasteiger partial charge in [0.05, 0.1) is 6.17 Å². The van der Waals surface area contributed by atoms with E-state index in [1.807, 2.05) is 0 Å². The van der Waals surface area contributed by atoms with Gasteiger partial charge in [0.25, 0.3) is 5.56 Å². The van der Waals surface area contributed by atoms with Crippen LogP contribution in [0.1, 0.15) is 19.5 Å². The third-order valence-corrected chi connectivity index (χ3v) is 1.89. The minimum absolute atomic E-state index is 0.0227. The molecule has 0 saturated carbocycles. The van der Waals surface area contributed by atoms with Crippen molar-refractivity contribution in [2.75, 3.05) is 0 Å². The average Bonchev–Trinajstić information content (AvgIpc) is 2.02. The van der Waals surface area contributed by atoms with Crippen molar-refractivity contribution in [3.63, 3.8) is 0 Å². The molecule has 0 amide bonds. The lowest BCUT2D eigenvalue weighted by molar-refractivity contribution is 0.468. The number of hydrogen-bond acceptors (Lipinski definition) is 3. The first-order valence-electron chi connectivity index (χ1n) is 3.83. The largest absolute Gasteiger partial charge is 0.330 e. The smallest absolute Gasteiger partial charge is 0.311 e. The fourth-order valence-corrected chi connectivity index (χ4v) is 1.15. The minimum Gasteiger partial charge on any atom is -0.311 e. The van der Waals surface area contributed by atoms with Crippen LogP contribution < -0.4 is 17.0 Å². The van der Waals surface area contributed by atoms with Crippen LogP contribution in [0.15, 0.2) is 15.7 Å². The second-order valence-electron chi connectivity index (χ2n) is 2.61. The zero-order valence-electron chi connectivity index (χ0n) is 7.08. The zero-order chi connectivity index (χ0) is 10.0. The number of nitrogens with two attached hydrogens (primary N) is 1. The molecule has 1 aromatic heterocycles. The Balaban J connectivity index is 3.38. The minimum atomic E-state index is -0.603. The van der Waals surface area contributed by atoms with Crippen LogP contribution in [0.5, 0.6) is 0 Å². The standard InChI is InChI=1S/C7H10ClN3O2/c1-2-5(9)11-6(12)3-4(8)10-7(11)13/h3,5H,2,9H2,1H3,(H,10,13). The van der Waals surface area contributed by atoms with Gasteiger partial charge in [0, 0.05) is 6.07 Å². The molecule has 1 unspecified atom stereocenters. The average molecular weight is 204 g/mol. The molecular formula is C7H10ClN3O2. The summed E-state index contributed by atoms with van der Waals surface area (Å²) in [5, 5.41) is 0.0227. The van der Waals surface area contributed by atoms with Crippen molar-refractivity contribution in [2.45, 2.75) is 19.5 Å². The molecule has 6 heteroatoms. The van der Waals surface area contributed by atoms with E-state index in [1.54, 1.807) is 6.92 Å². The molecule has 72 valence electrons. The van der Waals surface area contributed by atoms with Gasteiger partial charge in [-0.05, 0) is 6.42 Å². The molecule has 0 fully saturated rings. The maximum atomic E-state index is 11.2. The molecule has 0 aromatic carbocycles. The summed E-state index contributed by atoms with van der Waals surface area (Å²) in [6.07, 6.45) is -0.0986. The van der Waals surface area contributed by atoms with Crippen molar-refractivity contribution < 1.29 is 0 Å². The summed E-state index contributed by atoms with van der Waals surface area (Å²) < 4.78 is 0.936. The van der Waals surface area contributed by atoms with E-state index in [1.165, 1.54) is 0 Å². The van der Waals surface area contributed by atoms with Gasteiger partial charge < -0.3 is 5.73 Å². The van der Waals surface area contributed by atoms with Crippen molar-refractivity contribution in [2.24, 2.45) is 5.73 Å². The molecule has 3 N–H and O–H groups in total. The fourth-order valence-electron chi connectivity index (χ4n) is 0.973. The van der Waals surface area contributed by atoms with E-state index in [0.717, 1.165) is 10.6 Å². The molecule has 0 aliphatic rings. The van der Waals surface area contributed by atoms with Gasteiger partial charge in [-0.25, -0.2) is 9.36 Å². The van der Waals surface area contributed by atoms with E-state index >= 15 is 0 Å². The van der Waals surface area contributed by atoms with Crippen LogP contribution in [0.3, 0.4) is 0 Å². The highest BCUT2D eigenvalue weighted by Gasteiger charge is 2.08. The third kappa shape index (κ3) is 1.99. The van der Waals surface area contributed by atoms with Crippen LogP contribution in [0, 0.1) is 0 Å². The Kier molecular flexibility index (Phi) is 2.90. The number of nitrogens with zero attached hydrogens (tertiary/aromatic N) is 1. The van der Waals surface area contributed by atoms with E-state index in [4.69, 9.17) is 17.3 Å². The van der Waals surface area contributed by atoms with Gasteiger partial charge in [0.2, 0.25) is 0 Å². The molecule has 5 nitrogen and oxygen atoms in total. The van der Waals surface area contributed by atoms with Crippen molar-refractivity contribution in [3.8, 4) is 0 Å². The molecule has 0 saturated heterocycles. The summed E-state index contributed by atoms with van der Waals surface area (Å²) in [7, 11) is 0. The van der Waals surface area contributed by atoms with Gasteiger partial charge in [-0.3, -0.25) is 9.78 Å². The molecule has 0 radical (unpaired) electrons. The number of rotatable bonds is 2.